The zero-order valence-electron chi connectivity index (χ0n) is 23.6. The van der Waals surface area contributed by atoms with E-state index in [0.717, 1.165) is 30.5 Å². The third kappa shape index (κ3) is 8.43. The summed E-state index contributed by atoms with van der Waals surface area (Å²) in [4.78, 5) is 17.3. The van der Waals surface area contributed by atoms with Crippen molar-refractivity contribution in [1.82, 2.24) is 9.21 Å². The van der Waals surface area contributed by atoms with Crippen molar-refractivity contribution in [3.63, 3.8) is 0 Å². The first kappa shape index (κ1) is 34.0. The molecule has 0 atom stereocenters. The Morgan fingerprint density at radius 2 is 1.51 bits per heavy atom. The molecule has 0 bridgehead atoms. The number of alkyl halides is 3. The molecule has 0 aromatic heterocycles. The van der Waals surface area contributed by atoms with Gasteiger partial charge in [-0.25, -0.2) is 21.1 Å². The maximum atomic E-state index is 13.6. The number of benzene rings is 2. The Morgan fingerprint density at radius 1 is 0.907 bits per heavy atom. The Balaban J connectivity index is 1.35. The minimum atomic E-state index is -4.54. The Bertz CT molecular complexity index is 1510. The molecule has 2 aliphatic rings. The predicted octanol–water partition coefficient (Wildman–Crippen LogP) is 5.35. The molecule has 2 heterocycles. The van der Waals surface area contributed by atoms with E-state index in [9.17, 15) is 34.8 Å². The number of carbonyl (C=O) groups excluding carboxylic acids is 1. The first-order valence-corrected chi connectivity index (χ1v) is 18.1. The van der Waals surface area contributed by atoms with Crippen molar-refractivity contribution in [2.75, 3.05) is 50.4 Å². The molecule has 2 aromatic carbocycles. The first-order valence-electron chi connectivity index (χ1n) is 13.9. The lowest BCUT2D eigenvalue weighted by Crippen LogP contribution is -2.45. The van der Waals surface area contributed by atoms with Crippen LogP contribution >= 0.6 is 23.2 Å². The van der Waals surface area contributed by atoms with E-state index < -0.39 is 36.9 Å². The fourth-order valence-electron chi connectivity index (χ4n) is 5.60. The molecule has 2 fully saturated rings. The van der Waals surface area contributed by atoms with Crippen LogP contribution in [0.5, 0.6) is 0 Å². The van der Waals surface area contributed by atoms with Crippen molar-refractivity contribution in [1.29, 1.82) is 0 Å². The van der Waals surface area contributed by atoms with Gasteiger partial charge in [0, 0.05) is 31.2 Å². The predicted molar refractivity (Wildman–Crippen MR) is 161 cm³/mol. The van der Waals surface area contributed by atoms with Crippen LogP contribution < -0.4 is 4.90 Å². The number of amides is 1. The highest BCUT2D eigenvalue weighted by Crippen LogP contribution is 2.32. The summed E-state index contributed by atoms with van der Waals surface area (Å²) in [5, 5.41) is -0.0267. The lowest BCUT2D eigenvalue weighted by molar-refractivity contribution is -0.137. The van der Waals surface area contributed by atoms with Crippen molar-refractivity contribution in [2.24, 2.45) is 5.92 Å². The second-order valence-corrected chi connectivity index (χ2v) is 16.0. The van der Waals surface area contributed by atoms with E-state index in [1.165, 1.54) is 4.31 Å². The molecule has 15 heteroatoms. The van der Waals surface area contributed by atoms with E-state index in [2.05, 4.69) is 4.90 Å². The van der Waals surface area contributed by atoms with Crippen LogP contribution in [-0.2, 0) is 30.8 Å². The minimum Gasteiger partial charge on any atom is -0.312 e. The standard InChI is InChI=1S/C28H34Cl2F3N3O5S2/c1-42(38,39)35-17-9-20(10-18-35)27(37)36(22-5-8-25(29)26(30)19-22)14-2-13-34-15-11-24(12-16-34)43(40,41)23-6-3-21(4-7-23)28(31,32)33/h3-8,19-20,24H,2,9-18H2,1H3. The molecule has 2 aliphatic heterocycles. The van der Waals surface area contributed by atoms with Crippen LogP contribution in [-0.4, -0.2) is 82.7 Å². The normalized spacial score (nSPS) is 18.6. The van der Waals surface area contributed by atoms with Crippen molar-refractivity contribution in [2.45, 2.75) is 48.4 Å². The summed E-state index contributed by atoms with van der Waals surface area (Å²) in [6, 6.07) is 8.58. The average Bonchev–Trinajstić information content (AvgIpc) is 2.96. The molecule has 0 radical (unpaired) electrons. The highest BCUT2D eigenvalue weighted by molar-refractivity contribution is 7.92. The number of hydrogen-bond donors (Lipinski definition) is 0. The van der Waals surface area contributed by atoms with Gasteiger partial charge in [0.2, 0.25) is 15.9 Å². The summed E-state index contributed by atoms with van der Waals surface area (Å²) in [5.74, 6) is -0.466. The van der Waals surface area contributed by atoms with Crippen molar-refractivity contribution < 1.29 is 34.8 Å². The van der Waals surface area contributed by atoms with E-state index in [0.29, 0.717) is 74.0 Å². The monoisotopic (exact) mass is 683 g/mol. The number of halogens is 5. The third-order valence-electron chi connectivity index (χ3n) is 8.09. The van der Waals surface area contributed by atoms with Crippen LogP contribution in [0.3, 0.4) is 0 Å². The number of nitrogens with zero attached hydrogens (tertiary/aromatic N) is 3. The third-order valence-corrected chi connectivity index (χ3v) is 12.4. The number of piperidine rings is 2. The molecule has 8 nitrogen and oxygen atoms in total. The van der Waals surface area contributed by atoms with Gasteiger partial charge in [-0.05, 0) is 94.2 Å². The van der Waals surface area contributed by atoms with Crippen LogP contribution in [0.15, 0.2) is 47.4 Å². The number of carbonyl (C=O) groups is 1. The minimum absolute atomic E-state index is 0.114. The van der Waals surface area contributed by atoms with Gasteiger partial charge in [0.1, 0.15) is 0 Å². The van der Waals surface area contributed by atoms with Gasteiger partial charge >= 0.3 is 6.18 Å². The molecular weight excluding hydrogens is 650 g/mol. The Morgan fingerprint density at radius 3 is 2.05 bits per heavy atom. The fraction of sp³-hybridized carbons (Fsp3) is 0.536. The van der Waals surface area contributed by atoms with E-state index in [-0.39, 0.29) is 29.8 Å². The number of likely N-dealkylation sites (tertiary alicyclic amines) is 1. The summed E-state index contributed by atoms with van der Waals surface area (Å²) in [6.45, 7) is 2.51. The van der Waals surface area contributed by atoms with Gasteiger partial charge in [-0.1, -0.05) is 23.2 Å². The zero-order valence-corrected chi connectivity index (χ0v) is 26.7. The topological polar surface area (TPSA) is 95.1 Å². The van der Waals surface area contributed by atoms with Crippen molar-refractivity contribution in [3.05, 3.63) is 58.1 Å². The van der Waals surface area contributed by atoms with Crippen LogP contribution in [0.25, 0.3) is 0 Å². The summed E-state index contributed by atoms with van der Waals surface area (Å²) in [6.07, 6.45) is -1.29. The van der Waals surface area contributed by atoms with Gasteiger partial charge in [-0.2, -0.15) is 13.2 Å². The zero-order chi connectivity index (χ0) is 31.6. The second-order valence-electron chi connectivity index (χ2n) is 11.0. The van der Waals surface area contributed by atoms with Crippen molar-refractivity contribution >= 4 is 54.7 Å². The van der Waals surface area contributed by atoms with Crippen LogP contribution in [0, 0.1) is 5.92 Å². The number of sulfonamides is 1. The SMILES string of the molecule is CS(=O)(=O)N1CCC(C(=O)N(CCCN2CCC(S(=O)(=O)c3ccc(C(F)(F)F)cc3)CC2)c2ccc(Cl)c(Cl)c2)CC1. The van der Waals surface area contributed by atoms with Gasteiger partial charge in [0.05, 0.1) is 32.0 Å². The van der Waals surface area contributed by atoms with Crippen LogP contribution in [0.2, 0.25) is 10.0 Å². The molecule has 4 rings (SSSR count). The van der Waals surface area contributed by atoms with Crippen LogP contribution in [0.1, 0.15) is 37.7 Å². The molecule has 238 valence electrons. The average molecular weight is 685 g/mol. The molecule has 0 saturated carbocycles. The van der Waals surface area contributed by atoms with Crippen molar-refractivity contribution in [3.8, 4) is 0 Å². The summed E-state index contributed by atoms with van der Waals surface area (Å²) < 4.78 is 89.9. The lowest BCUT2D eigenvalue weighted by atomic mass is 9.96. The summed E-state index contributed by atoms with van der Waals surface area (Å²) >= 11 is 12.3. The van der Waals surface area contributed by atoms with Gasteiger partial charge < -0.3 is 9.80 Å². The summed E-state index contributed by atoms with van der Waals surface area (Å²) in [5.41, 5.74) is -0.305. The molecule has 0 aliphatic carbocycles. The van der Waals surface area contributed by atoms with E-state index in [1.807, 2.05) is 0 Å². The fourth-order valence-corrected chi connectivity index (χ4v) is 8.49. The Hall–Kier alpha value is -1.90. The molecule has 0 N–H and O–H groups in total. The van der Waals surface area contributed by atoms with E-state index >= 15 is 0 Å². The quantitative estimate of drug-likeness (QED) is 0.354. The molecule has 2 saturated heterocycles. The lowest BCUT2D eigenvalue weighted by Gasteiger charge is -2.34. The maximum Gasteiger partial charge on any atom is 0.416 e. The molecule has 43 heavy (non-hydrogen) atoms. The summed E-state index contributed by atoms with van der Waals surface area (Å²) in [7, 11) is -7.10. The maximum absolute atomic E-state index is 13.6. The van der Waals surface area contributed by atoms with E-state index in [1.54, 1.807) is 23.1 Å². The largest absolute Gasteiger partial charge is 0.416 e. The molecular formula is C28H34Cl2F3N3O5S2. The number of hydrogen-bond acceptors (Lipinski definition) is 6. The highest BCUT2D eigenvalue weighted by Gasteiger charge is 2.35. The van der Waals surface area contributed by atoms with Gasteiger partial charge in [-0.3, -0.25) is 4.79 Å². The first-order chi connectivity index (χ1) is 20.1. The molecule has 2 aromatic rings. The number of sulfone groups is 1. The van der Waals surface area contributed by atoms with Gasteiger partial charge in [-0.15, -0.1) is 0 Å². The number of anilines is 1. The smallest absolute Gasteiger partial charge is 0.312 e. The van der Waals surface area contributed by atoms with Crippen LogP contribution in [0.4, 0.5) is 18.9 Å². The molecule has 0 spiro atoms. The van der Waals surface area contributed by atoms with Gasteiger partial charge in [0.15, 0.2) is 9.84 Å². The second kappa shape index (κ2) is 13.6. The Kier molecular flexibility index (Phi) is 10.8. The molecule has 0 unspecified atom stereocenters. The number of rotatable bonds is 9. The van der Waals surface area contributed by atoms with E-state index in [4.69, 9.17) is 23.2 Å². The van der Waals surface area contributed by atoms with Gasteiger partial charge in [0.25, 0.3) is 0 Å². The highest BCUT2D eigenvalue weighted by atomic mass is 35.5. The Labute approximate surface area is 260 Å². The molecule has 1 amide bonds.